The van der Waals surface area contributed by atoms with E-state index in [1.165, 1.54) is 0 Å². The Labute approximate surface area is 188 Å². The summed E-state index contributed by atoms with van der Waals surface area (Å²) in [6.07, 6.45) is 9.04. The molecule has 2 aliphatic rings. The first-order chi connectivity index (χ1) is 15.5. The summed E-state index contributed by atoms with van der Waals surface area (Å²) >= 11 is 0. The summed E-state index contributed by atoms with van der Waals surface area (Å²) in [5.74, 6) is -2.20. The normalized spacial score (nSPS) is 19.8. The number of aryl methyl sites for hydroxylation is 2. The molecule has 32 heavy (non-hydrogen) atoms. The fourth-order valence-corrected chi connectivity index (χ4v) is 4.79. The van der Waals surface area contributed by atoms with Crippen LogP contribution in [0.2, 0.25) is 0 Å². The molecule has 0 radical (unpaired) electrons. The topological polar surface area (TPSA) is 18.5 Å². The highest BCUT2D eigenvalue weighted by molar-refractivity contribution is 5.53. The first kappa shape index (κ1) is 22.9. The van der Waals surface area contributed by atoms with Gasteiger partial charge in [-0.25, -0.2) is 8.78 Å². The van der Waals surface area contributed by atoms with E-state index in [2.05, 4.69) is 13.5 Å². The van der Waals surface area contributed by atoms with E-state index >= 15 is 4.39 Å². The third-order valence-corrected chi connectivity index (χ3v) is 6.67. The Balaban J connectivity index is 1.47. The molecular formula is C27H31F3O2. The molecule has 0 aliphatic carbocycles. The fourth-order valence-electron chi connectivity index (χ4n) is 4.79. The van der Waals surface area contributed by atoms with Gasteiger partial charge in [-0.1, -0.05) is 31.6 Å². The molecule has 2 aliphatic heterocycles. The second kappa shape index (κ2) is 10.1. The van der Waals surface area contributed by atoms with Crippen LogP contribution in [0.15, 0.2) is 30.9 Å². The third-order valence-electron chi connectivity index (χ3n) is 6.67. The van der Waals surface area contributed by atoms with Gasteiger partial charge in [0.25, 0.3) is 0 Å². The van der Waals surface area contributed by atoms with E-state index in [0.717, 1.165) is 38.7 Å². The van der Waals surface area contributed by atoms with Crippen LogP contribution in [0.4, 0.5) is 13.2 Å². The van der Waals surface area contributed by atoms with Crippen LogP contribution in [0, 0.1) is 23.4 Å². The van der Waals surface area contributed by atoms with Crippen LogP contribution in [0.5, 0.6) is 11.5 Å². The Morgan fingerprint density at radius 1 is 0.969 bits per heavy atom. The van der Waals surface area contributed by atoms with Crippen molar-refractivity contribution in [3.8, 4) is 11.5 Å². The minimum absolute atomic E-state index is 0.0232. The van der Waals surface area contributed by atoms with Crippen LogP contribution < -0.4 is 4.74 Å². The molecule has 1 saturated heterocycles. The minimum Gasteiger partial charge on any atom is -0.450 e. The van der Waals surface area contributed by atoms with Crippen molar-refractivity contribution in [1.29, 1.82) is 0 Å². The Bertz CT molecular complexity index is 978. The van der Waals surface area contributed by atoms with E-state index < -0.39 is 17.5 Å². The summed E-state index contributed by atoms with van der Waals surface area (Å²) in [4.78, 5) is 0. The Hall–Kier alpha value is -2.27. The molecule has 2 aromatic rings. The molecule has 0 spiro atoms. The van der Waals surface area contributed by atoms with Gasteiger partial charge in [0.05, 0.1) is 6.10 Å². The molecule has 2 heterocycles. The molecule has 0 amide bonds. The predicted molar refractivity (Wildman–Crippen MR) is 120 cm³/mol. The highest BCUT2D eigenvalue weighted by atomic mass is 19.2. The standard InChI is InChI=1S/C27H31F3O2/c1-3-5-7-19-14-21-15-20-12-11-18(10-8-17-9-13-22(6-4-2)31-16-17)24(29)26(20)32-27(21)25(30)23(19)28/h3,11-12,14,17,22H,1,4-10,13,15-16H2,2H3. The third kappa shape index (κ3) is 4.73. The minimum atomic E-state index is -1.04. The number of hydrogen-bond acceptors (Lipinski definition) is 2. The summed E-state index contributed by atoms with van der Waals surface area (Å²) in [5, 5.41) is 0. The summed E-state index contributed by atoms with van der Waals surface area (Å²) in [6, 6.07) is 5.27. The molecule has 0 N–H and O–H groups in total. The lowest BCUT2D eigenvalue weighted by atomic mass is 9.90. The van der Waals surface area contributed by atoms with Gasteiger partial charge < -0.3 is 9.47 Å². The number of allylic oxidation sites excluding steroid dienone is 1. The summed E-state index contributed by atoms with van der Waals surface area (Å²) < 4.78 is 56.0. The molecule has 172 valence electrons. The second-order valence-electron chi connectivity index (χ2n) is 9.01. The Morgan fingerprint density at radius 3 is 2.50 bits per heavy atom. The van der Waals surface area contributed by atoms with Crippen molar-refractivity contribution in [1.82, 2.24) is 0 Å². The smallest absolute Gasteiger partial charge is 0.201 e. The molecule has 0 aromatic heterocycles. The number of benzene rings is 2. The molecule has 2 atom stereocenters. The zero-order chi connectivity index (χ0) is 22.7. The van der Waals surface area contributed by atoms with Crippen LogP contribution in [0.25, 0.3) is 0 Å². The highest BCUT2D eigenvalue weighted by Gasteiger charge is 2.28. The van der Waals surface area contributed by atoms with Crippen molar-refractivity contribution in [2.24, 2.45) is 5.92 Å². The van der Waals surface area contributed by atoms with Gasteiger partial charge >= 0.3 is 0 Å². The molecular weight excluding hydrogens is 413 g/mol. The molecule has 2 unspecified atom stereocenters. The summed E-state index contributed by atoms with van der Waals surface area (Å²) in [7, 11) is 0. The zero-order valence-corrected chi connectivity index (χ0v) is 18.7. The van der Waals surface area contributed by atoms with E-state index in [9.17, 15) is 8.78 Å². The number of ether oxygens (including phenoxy) is 2. The largest absolute Gasteiger partial charge is 0.450 e. The maximum atomic E-state index is 15.3. The molecule has 0 saturated carbocycles. The average molecular weight is 445 g/mol. The van der Waals surface area contributed by atoms with Crippen molar-refractivity contribution in [3.05, 3.63) is 70.6 Å². The van der Waals surface area contributed by atoms with Crippen molar-refractivity contribution >= 4 is 0 Å². The van der Waals surface area contributed by atoms with Crippen molar-refractivity contribution in [3.63, 3.8) is 0 Å². The lowest BCUT2D eigenvalue weighted by Gasteiger charge is -2.29. The van der Waals surface area contributed by atoms with Crippen molar-refractivity contribution in [2.45, 2.75) is 70.8 Å². The maximum Gasteiger partial charge on any atom is 0.201 e. The van der Waals surface area contributed by atoms with Gasteiger partial charge in [0.15, 0.2) is 23.1 Å². The lowest BCUT2D eigenvalue weighted by Crippen LogP contribution is -2.26. The van der Waals surface area contributed by atoms with Gasteiger partial charge in [0, 0.05) is 24.2 Å². The van der Waals surface area contributed by atoms with Crippen molar-refractivity contribution in [2.75, 3.05) is 6.61 Å². The predicted octanol–water partition coefficient (Wildman–Crippen LogP) is 7.45. The van der Waals surface area contributed by atoms with Gasteiger partial charge in [-0.2, -0.15) is 4.39 Å². The molecule has 5 heteroatoms. The first-order valence-electron chi connectivity index (χ1n) is 11.7. The summed E-state index contributed by atoms with van der Waals surface area (Å²) in [5.41, 5.74) is 2.04. The number of rotatable bonds is 8. The van der Waals surface area contributed by atoms with Crippen LogP contribution in [0.3, 0.4) is 0 Å². The van der Waals surface area contributed by atoms with Gasteiger partial charge in [-0.15, -0.1) is 6.58 Å². The van der Waals surface area contributed by atoms with Gasteiger partial charge in [0.2, 0.25) is 5.82 Å². The number of hydrogen-bond donors (Lipinski definition) is 0. The molecule has 0 bridgehead atoms. The van der Waals surface area contributed by atoms with Gasteiger partial charge in [-0.3, -0.25) is 0 Å². The van der Waals surface area contributed by atoms with E-state index in [4.69, 9.17) is 9.47 Å². The quantitative estimate of drug-likeness (QED) is 0.336. The SMILES string of the molecule is C=CCCc1cc2c(c(F)c1F)Oc1c(ccc(CCC3CCC(CCC)OC3)c1F)C2. The van der Waals surface area contributed by atoms with E-state index in [1.807, 2.05) is 6.07 Å². The molecule has 1 fully saturated rings. The fraction of sp³-hybridized carbons (Fsp3) is 0.481. The monoisotopic (exact) mass is 444 g/mol. The number of halogens is 3. The summed E-state index contributed by atoms with van der Waals surface area (Å²) in [6.45, 7) is 6.51. The number of fused-ring (bicyclic) bond motifs is 2. The van der Waals surface area contributed by atoms with E-state index in [0.29, 0.717) is 60.0 Å². The van der Waals surface area contributed by atoms with Crippen LogP contribution in [0.1, 0.15) is 67.7 Å². The average Bonchev–Trinajstić information content (AvgIpc) is 2.80. The van der Waals surface area contributed by atoms with Crippen LogP contribution in [-0.4, -0.2) is 12.7 Å². The van der Waals surface area contributed by atoms with Crippen LogP contribution >= 0.6 is 0 Å². The molecule has 4 rings (SSSR count). The second-order valence-corrected chi connectivity index (χ2v) is 9.01. The maximum absolute atomic E-state index is 15.3. The van der Waals surface area contributed by atoms with Gasteiger partial charge in [-0.05, 0) is 68.1 Å². The highest BCUT2D eigenvalue weighted by Crippen LogP contribution is 2.42. The van der Waals surface area contributed by atoms with E-state index in [-0.39, 0.29) is 11.5 Å². The van der Waals surface area contributed by atoms with Crippen molar-refractivity contribution < 1.29 is 22.6 Å². The molecule has 2 aromatic carbocycles. The Morgan fingerprint density at radius 2 is 1.78 bits per heavy atom. The van der Waals surface area contributed by atoms with Crippen LogP contribution in [-0.2, 0) is 24.0 Å². The first-order valence-corrected chi connectivity index (χ1v) is 11.7. The van der Waals surface area contributed by atoms with E-state index in [1.54, 1.807) is 18.2 Å². The zero-order valence-electron chi connectivity index (χ0n) is 18.7. The Kier molecular flexibility index (Phi) is 7.24. The van der Waals surface area contributed by atoms with Gasteiger partial charge in [0.1, 0.15) is 0 Å². The lowest BCUT2D eigenvalue weighted by molar-refractivity contribution is -0.0218. The molecule has 2 nitrogen and oxygen atoms in total.